The van der Waals surface area contributed by atoms with Crippen molar-refractivity contribution >= 4 is 16.7 Å². The highest BCUT2D eigenvalue weighted by molar-refractivity contribution is 5.79. The Morgan fingerprint density at radius 1 is 1.25 bits per heavy atom. The summed E-state index contributed by atoms with van der Waals surface area (Å²) in [7, 11) is 0. The second-order valence-corrected chi connectivity index (χ2v) is 4.18. The van der Waals surface area contributed by atoms with Crippen molar-refractivity contribution in [3.8, 4) is 0 Å². The molecule has 0 spiro atoms. The van der Waals surface area contributed by atoms with E-state index in [9.17, 15) is 0 Å². The van der Waals surface area contributed by atoms with Gasteiger partial charge < -0.3 is 10.3 Å². The fourth-order valence-corrected chi connectivity index (χ4v) is 2.08. The molecule has 0 radical (unpaired) electrons. The van der Waals surface area contributed by atoms with Gasteiger partial charge in [-0.2, -0.15) is 0 Å². The molecule has 0 saturated heterocycles. The first-order valence-electron chi connectivity index (χ1n) is 6.01. The van der Waals surface area contributed by atoms with Crippen molar-refractivity contribution in [1.82, 2.24) is 9.55 Å². The van der Waals surface area contributed by atoms with Crippen molar-refractivity contribution in [1.29, 1.82) is 0 Å². The van der Waals surface area contributed by atoms with Crippen LogP contribution in [0.1, 0.15) is 32.5 Å². The smallest absolute Gasteiger partial charge is 0.109 e. The first-order chi connectivity index (χ1) is 7.76. The van der Waals surface area contributed by atoms with Gasteiger partial charge in [0, 0.05) is 18.7 Å². The lowest BCUT2D eigenvalue weighted by molar-refractivity contribution is 0.646. The maximum Gasteiger partial charge on any atom is 0.109 e. The molecule has 2 aromatic rings. The zero-order valence-corrected chi connectivity index (χ0v) is 10.0. The third kappa shape index (κ3) is 1.90. The topological polar surface area (TPSA) is 43.8 Å². The number of fused-ring (bicyclic) bond motifs is 1. The number of benzene rings is 1. The summed E-state index contributed by atoms with van der Waals surface area (Å²) in [6.45, 7) is 5.42. The van der Waals surface area contributed by atoms with Crippen LogP contribution in [0.15, 0.2) is 18.2 Å². The second kappa shape index (κ2) is 4.56. The molecule has 0 fully saturated rings. The number of anilines is 1. The Kier molecular flexibility index (Phi) is 3.13. The minimum Gasteiger partial charge on any atom is -0.399 e. The van der Waals surface area contributed by atoms with Crippen LogP contribution >= 0.6 is 0 Å². The van der Waals surface area contributed by atoms with Gasteiger partial charge in [0.05, 0.1) is 11.0 Å². The highest BCUT2D eigenvalue weighted by Gasteiger charge is 2.09. The van der Waals surface area contributed by atoms with E-state index in [4.69, 9.17) is 5.73 Å². The van der Waals surface area contributed by atoms with Crippen LogP contribution in [0.3, 0.4) is 0 Å². The van der Waals surface area contributed by atoms with Gasteiger partial charge in [-0.1, -0.05) is 13.8 Å². The summed E-state index contributed by atoms with van der Waals surface area (Å²) >= 11 is 0. The first kappa shape index (κ1) is 11.0. The molecule has 3 nitrogen and oxygen atoms in total. The summed E-state index contributed by atoms with van der Waals surface area (Å²) in [5, 5.41) is 0. The summed E-state index contributed by atoms with van der Waals surface area (Å²) in [5.41, 5.74) is 8.80. The monoisotopic (exact) mass is 217 g/mol. The molecule has 0 aliphatic rings. The van der Waals surface area contributed by atoms with Crippen molar-refractivity contribution in [2.45, 2.75) is 39.7 Å². The number of hydrogen-bond donors (Lipinski definition) is 1. The molecule has 0 amide bonds. The minimum absolute atomic E-state index is 0.789. The van der Waals surface area contributed by atoms with E-state index >= 15 is 0 Å². The Labute approximate surface area is 96.3 Å². The predicted molar refractivity (Wildman–Crippen MR) is 68.4 cm³/mol. The fourth-order valence-electron chi connectivity index (χ4n) is 2.08. The van der Waals surface area contributed by atoms with Crippen LogP contribution in [-0.4, -0.2) is 9.55 Å². The van der Waals surface area contributed by atoms with E-state index in [1.165, 1.54) is 11.3 Å². The number of imidazole rings is 1. The van der Waals surface area contributed by atoms with Gasteiger partial charge in [0.1, 0.15) is 5.82 Å². The summed E-state index contributed by atoms with van der Waals surface area (Å²) < 4.78 is 2.32. The van der Waals surface area contributed by atoms with Crippen LogP contribution in [0, 0.1) is 0 Å². The maximum atomic E-state index is 5.78. The molecule has 0 unspecified atom stereocenters. The first-order valence-corrected chi connectivity index (χ1v) is 6.01. The lowest BCUT2D eigenvalue weighted by atomic mass is 10.3. The highest BCUT2D eigenvalue weighted by Crippen LogP contribution is 2.20. The van der Waals surface area contributed by atoms with Crippen LogP contribution in [0.25, 0.3) is 11.0 Å². The van der Waals surface area contributed by atoms with Gasteiger partial charge in [-0.05, 0) is 31.0 Å². The van der Waals surface area contributed by atoms with E-state index in [1.807, 2.05) is 12.1 Å². The van der Waals surface area contributed by atoms with Gasteiger partial charge in [0.15, 0.2) is 0 Å². The van der Waals surface area contributed by atoms with Crippen LogP contribution in [0.2, 0.25) is 0 Å². The number of hydrogen-bond acceptors (Lipinski definition) is 2. The minimum atomic E-state index is 0.789. The van der Waals surface area contributed by atoms with E-state index in [2.05, 4.69) is 29.5 Å². The lowest BCUT2D eigenvalue weighted by Gasteiger charge is -2.06. The van der Waals surface area contributed by atoms with Crippen molar-refractivity contribution in [3.05, 3.63) is 24.0 Å². The zero-order chi connectivity index (χ0) is 11.5. The standard InChI is InChI=1S/C13H19N3/c1-3-5-13-15-11-9-10(14)6-7-12(11)16(13)8-4-2/h6-7,9H,3-5,8,14H2,1-2H3. The van der Waals surface area contributed by atoms with Crippen LogP contribution in [0.4, 0.5) is 5.69 Å². The number of aromatic nitrogens is 2. The molecule has 0 saturated carbocycles. The van der Waals surface area contributed by atoms with Crippen molar-refractivity contribution in [2.75, 3.05) is 5.73 Å². The van der Waals surface area contributed by atoms with Crippen molar-refractivity contribution in [3.63, 3.8) is 0 Å². The number of nitrogens with zero attached hydrogens (tertiary/aromatic N) is 2. The van der Waals surface area contributed by atoms with Gasteiger partial charge in [-0.3, -0.25) is 0 Å². The van der Waals surface area contributed by atoms with Gasteiger partial charge in [-0.25, -0.2) is 4.98 Å². The van der Waals surface area contributed by atoms with E-state index in [1.54, 1.807) is 0 Å². The molecule has 86 valence electrons. The third-order valence-electron chi connectivity index (χ3n) is 2.77. The lowest BCUT2D eigenvalue weighted by Crippen LogP contribution is -2.02. The molecule has 2 rings (SSSR count). The Bertz CT molecular complexity index is 485. The Morgan fingerprint density at radius 3 is 2.75 bits per heavy atom. The van der Waals surface area contributed by atoms with Gasteiger partial charge in [0.25, 0.3) is 0 Å². The number of aryl methyl sites for hydroxylation is 2. The molecule has 1 aromatic heterocycles. The Hall–Kier alpha value is -1.51. The molecule has 3 heteroatoms. The van der Waals surface area contributed by atoms with Crippen LogP contribution in [0.5, 0.6) is 0 Å². The Morgan fingerprint density at radius 2 is 2.06 bits per heavy atom. The quantitative estimate of drug-likeness (QED) is 0.800. The van der Waals surface area contributed by atoms with Crippen LogP contribution < -0.4 is 5.73 Å². The van der Waals surface area contributed by atoms with Crippen molar-refractivity contribution < 1.29 is 0 Å². The normalized spacial score (nSPS) is 11.1. The Balaban J connectivity index is 2.56. The molecular formula is C13H19N3. The third-order valence-corrected chi connectivity index (χ3v) is 2.77. The van der Waals surface area contributed by atoms with Gasteiger partial charge >= 0.3 is 0 Å². The average Bonchev–Trinajstić information content (AvgIpc) is 2.57. The van der Waals surface area contributed by atoms with Crippen molar-refractivity contribution in [2.24, 2.45) is 0 Å². The number of nitrogens with two attached hydrogens (primary N) is 1. The van der Waals surface area contributed by atoms with Gasteiger partial charge in [0.2, 0.25) is 0 Å². The summed E-state index contributed by atoms with van der Waals surface area (Å²) in [6.07, 6.45) is 3.30. The molecule has 0 atom stereocenters. The molecule has 1 heterocycles. The fraction of sp³-hybridized carbons (Fsp3) is 0.462. The number of rotatable bonds is 4. The molecule has 2 N–H and O–H groups in total. The largest absolute Gasteiger partial charge is 0.399 e. The summed E-state index contributed by atoms with van der Waals surface area (Å²) in [5.74, 6) is 1.19. The molecule has 1 aromatic carbocycles. The second-order valence-electron chi connectivity index (χ2n) is 4.18. The SMILES string of the molecule is CCCc1nc2cc(N)ccc2n1CCC. The molecular weight excluding hydrogens is 198 g/mol. The molecule has 16 heavy (non-hydrogen) atoms. The molecule has 0 bridgehead atoms. The van der Waals surface area contributed by atoms with Crippen LogP contribution in [-0.2, 0) is 13.0 Å². The predicted octanol–water partition coefficient (Wildman–Crippen LogP) is 2.98. The number of nitrogen functional groups attached to an aromatic ring is 1. The van der Waals surface area contributed by atoms with E-state index in [0.29, 0.717) is 0 Å². The van der Waals surface area contributed by atoms with E-state index < -0.39 is 0 Å². The highest BCUT2D eigenvalue weighted by atomic mass is 15.1. The average molecular weight is 217 g/mol. The summed E-state index contributed by atoms with van der Waals surface area (Å²) in [6, 6.07) is 5.99. The van der Waals surface area contributed by atoms with E-state index in [-0.39, 0.29) is 0 Å². The maximum absolute atomic E-state index is 5.78. The van der Waals surface area contributed by atoms with E-state index in [0.717, 1.165) is 37.0 Å². The zero-order valence-electron chi connectivity index (χ0n) is 10.0. The van der Waals surface area contributed by atoms with Gasteiger partial charge in [-0.15, -0.1) is 0 Å². The molecule has 0 aliphatic carbocycles. The summed E-state index contributed by atoms with van der Waals surface area (Å²) in [4.78, 5) is 4.66. The molecule has 0 aliphatic heterocycles.